The maximum atomic E-state index is 5.53. The number of thiophene rings is 1. The molecule has 0 radical (unpaired) electrons. The van der Waals surface area contributed by atoms with Crippen LogP contribution in [0, 0.1) is 6.92 Å². The Hall–Kier alpha value is -0.360. The summed E-state index contributed by atoms with van der Waals surface area (Å²) < 4.78 is 7.72. The van der Waals surface area contributed by atoms with Gasteiger partial charge >= 0.3 is 0 Å². The van der Waals surface area contributed by atoms with E-state index in [0.717, 1.165) is 26.8 Å². The molecule has 0 spiro atoms. The molecule has 0 aliphatic heterocycles. The zero-order valence-corrected chi connectivity index (χ0v) is 15.7. The SMILES string of the molecule is CCNC(c1cc(Br)c(C)s1)c1ccc(Br)cc1OC. The lowest BCUT2D eigenvalue weighted by atomic mass is 10.0. The number of ether oxygens (including phenoxy) is 1. The smallest absolute Gasteiger partial charge is 0.125 e. The van der Waals surface area contributed by atoms with E-state index in [4.69, 9.17) is 4.74 Å². The first kappa shape index (κ1) is 16.0. The van der Waals surface area contributed by atoms with Crippen molar-refractivity contribution in [2.24, 2.45) is 0 Å². The summed E-state index contributed by atoms with van der Waals surface area (Å²) in [5.41, 5.74) is 1.16. The Kier molecular flexibility index (Phi) is 5.66. The second-order valence-electron chi connectivity index (χ2n) is 4.43. The second-order valence-corrected chi connectivity index (χ2v) is 7.49. The van der Waals surface area contributed by atoms with Crippen molar-refractivity contribution >= 4 is 43.2 Å². The molecule has 2 nitrogen and oxygen atoms in total. The van der Waals surface area contributed by atoms with Crippen molar-refractivity contribution < 1.29 is 4.74 Å². The Bertz CT molecular complexity index is 578. The van der Waals surface area contributed by atoms with Gasteiger partial charge in [0.05, 0.1) is 13.2 Å². The maximum absolute atomic E-state index is 5.53. The molecule has 2 aromatic rings. The molecule has 0 amide bonds. The molecule has 0 aliphatic rings. The normalized spacial score (nSPS) is 12.4. The first-order chi connectivity index (χ1) is 9.56. The molecule has 20 heavy (non-hydrogen) atoms. The molecule has 1 aromatic carbocycles. The number of benzene rings is 1. The van der Waals surface area contributed by atoms with Crippen LogP contribution in [0.25, 0.3) is 0 Å². The van der Waals surface area contributed by atoms with Crippen LogP contribution < -0.4 is 10.1 Å². The van der Waals surface area contributed by atoms with Crippen LogP contribution in [0.4, 0.5) is 0 Å². The van der Waals surface area contributed by atoms with Gasteiger partial charge in [0.15, 0.2) is 0 Å². The van der Waals surface area contributed by atoms with Crippen molar-refractivity contribution in [1.29, 1.82) is 0 Å². The van der Waals surface area contributed by atoms with Crippen LogP contribution in [0.3, 0.4) is 0 Å². The van der Waals surface area contributed by atoms with Crippen molar-refractivity contribution in [3.05, 3.63) is 48.5 Å². The molecule has 0 aliphatic carbocycles. The fraction of sp³-hybridized carbons (Fsp3) is 0.333. The van der Waals surface area contributed by atoms with Crippen LogP contribution in [-0.4, -0.2) is 13.7 Å². The molecule has 0 fully saturated rings. The summed E-state index contributed by atoms with van der Waals surface area (Å²) in [7, 11) is 1.71. The summed E-state index contributed by atoms with van der Waals surface area (Å²) >= 11 is 8.89. The van der Waals surface area contributed by atoms with Crippen LogP contribution in [-0.2, 0) is 0 Å². The largest absolute Gasteiger partial charge is 0.496 e. The van der Waals surface area contributed by atoms with Crippen molar-refractivity contribution in [3.8, 4) is 5.75 Å². The Morgan fingerprint density at radius 2 is 2.05 bits per heavy atom. The summed E-state index contributed by atoms with van der Waals surface area (Å²) in [4.78, 5) is 2.58. The van der Waals surface area contributed by atoms with Crippen LogP contribution in [0.2, 0.25) is 0 Å². The molecule has 1 atom stereocenters. The van der Waals surface area contributed by atoms with Crippen molar-refractivity contribution in [2.45, 2.75) is 19.9 Å². The van der Waals surface area contributed by atoms with Crippen molar-refractivity contribution in [3.63, 3.8) is 0 Å². The van der Waals surface area contributed by atoms with E-state index in [1.807, 2.05) is 6.07 Å². The lowest BCUT2D eigenvalue weighted by Gasteiger charge is -2.20. The molecule has 1 N–H and O–H groups in total. The fourth-order valence-electron chi connectivity index (χ4n) is 2.12. The highest BCUT2D eigenvalue weighted by molar-refractivity contribution is 9.10. The first-order valence-electron chi connectivity index (χ1n) is 6.39. The molecule has 0 bridgehead atoms. The molecule has 1 heterocycles. The van der Waals surface area contributed by atoms with Crippen LogP contribution >= 0.6 is 43.2 Å². The monoisotopic (exact) mass is 417 g/mol. The number of aryl methyl sites for hydroxylation is 1. The molecule has 108 valence electrons. The van der Waals surface area contributed by atoms with Crippen LogP contribution in [0.1, 0.15) is 28.3 Å². The summed E-state index contributed by atoms with van der Waals surface area (Å²) in [6.07, 6.45) is 0. The number of nitrogens with one attached hydrogen (secondary N) is 1. The Morgan fingerprint density at radius 1 is 1.30 bits per heavy atom. The number of methoxy groups -OCH3 is 1. The lowest BCUT2D eigenvalue weighted by molar-refractivity contribution is 0.404. The summed E-state index contributed by atoms with van der Waals surface area (Å²) in [6, 6.07) is 8.51. The molecular formula is C15H17Br2NOS. The van der Waals surface area contributed by atoms with E-state index in [1.165, 1.54) is 9.75 Å². The Labute approximate surface area is 140 Å². The van der Waals surface area contributed by atoms with Gasteiger partial charge in [0, 0.05) is 24.3 Å². The number of hydrogen-bond donors (Lipinski definition) is 1. The second kappa shape index (κ2) is 7.07. The van der Waals surface area contributed by atoms with Gasteiger partial charge in [-0.05, 0) is 47.6 Å². The minimum absolute atomic E-state index is 0.151. The highest BCUT2D eigenvalue weighted by atomic mass is 79.9. The molecule has 0 saturated carbocycles. The Balaban J connectivity index is 2.47. The Morgan fingerprint density at radius 3 is 2.60 bits per heavy atom. The van der Waals surface area contributed by atoms with E-state index in [-0.39, 0.29) is 6.04 Å². The first-order valence-corrected chi connectivity index (χ1v) is 8.79. The zero-order valence-electron chi connectivity index (χ0n) is 11.7. The van der Waals surface area contributed by atoms with Gasteiger partial charge in [-0.15, -0.1) is 11.3 Å². The van der Waals surface area contributed by atoms with Gasteiger partial charge < -0.3 is 10.1 Å². The summed E-state index contributed by atoms with van der Waals surface area (Å²) in [5, 5.41) is 3.54. The number of hydrogen-bond acceptors (Lipinski definition) is 3. The third-order valence-corrected chi connectivity index (χ3v) is 5.77. The van der Waals surface area contributed by atoms with Crippen LogP contribution in [0.15, 0.2) is 33.2 Å². The van der Waals surface area contributed by atoms with E-state index < -0.39 is 0 Å². The van der Waals surface area contributed by atoms with Gasteiger partial charge in [-0.25, -0.2) is 0 Å². The summed E-state index contributed by atoms with van der Waals surface area (Å²) in [5.74, 6) is 0.896. The number of rotatable bonds is 5. The molecule has 5 heteroatoms. The van der Waals surface area contributed by atoms with Gasteiger partial charge in [-0.3, -0.25) is 0 Å². The summed E-state index contributed by atoms with van der Waals surface area (Å²) in [6.45, 7) is 5.15. The van der Waals surface area contributed by atoms with Gasteiger partial charge in [0.1, 0.15) is 5.75 Å². The third kappa shape index (κ3) is 3.45. The zero-order chi connectivity index (χ0) is 14.7. The van der Waals surface area contributed by atoms with Gasteiger partial charge in [0.2, 0.25) is 0 Å². The minimum Gasteiger partial charge on any atom is -0.496 e. The van der Waals surface area contributed by atoms with Gasteiger partial charge in [-0.1, -0.05) is 28.9 Å². The molecular weight excluding hydrogens is 402 g/mol. The minimum atomic E-state index is 0.151. The predicted octanol–water partition coefficient (Wildman–Crippen LogP) is 5.29. The molecule has 0 saturated heterocycles. The molecule has 1 aromatic heterocycles. The maximum Gasteiger partial charge on any atom is 0.125 e. The van der Waals surface area contributed by atoms with Gasteiger partial charge in [-0.2, -0.15) is 0 Å². The van der Waals surface area contributed by atoms with E-state index in [0.29, 0.717) is 0 Å². The van der Waals surface area contributed by atoms with Crippen molar-refractivity contribution in [1.82, 2.24) is 5.32 Å². The highest BCUT2D eigenvalue weighted by Crippen LogP contribution is 2.37. The molecule has 2 rings (SSSR count). The van der Waals surface area contributed by atoms with E-state index in [9.17, 15) is 0 Å². The van der Waals surface area contributed by atoms with Gasteiger partial charge in [0.25, 0.3) is 0 Å². The topological polar surface area (TPSA) is 21.3 Å². The lowest BCUT2D eigenvalue weighted by Crippen LogP contribution is -2.21. The molecule has 1 unspecified atom stereocenters. The average Bonchev–Trinajstić information content (AvgIpc) is 2.76. The highest BCUT2D eigenvalue weighted by Gasteiger charge is 2.20. The number of halogens is 2. The average molecular weight is 419 g/mol. The van der Waals surface area contributed by atoms with E-state index >= 15 is 0 Å². The van der Waals surface area contributed by atoms with Crippen molar-refractivity contribution in [2.75, 3.05) is 13.7 Å². The van der Waals surface area contributed by atoms with E-state index in [1.54, 1.807) is 18.4 Å². The predicted molar refractivity (Wildman–Crippen MR) is 93.0 cm³/mol. The third-order valence-electron chi connectivity index (χ3n) is 3.08. The van der Waals surface area contributed by atoms with Crippen LogP contribution in [0.5, 0.6) is 5.75 Å². The standard InChI is InChI=1S/C15H17Br2NOS/c1-4-18-15(14-8-12(17)9(2)20-14)11-6-5-10(16)7-13(11)19-3/h5-8,15,18H,4H2,1-3H3. The fourth-order valence-corrected chi connectivity index (χ4v) is 4.11. The van der Waals surface area contributed by atoms with E-state index in [2.05, 4.69) is 69.2 Å². The quantitative estimate of drug-likeness (QED) is 0.712.